The minimum absolute atomic E-state index is 0.162. The molecule has 94 valence electrons. The molecule has 1 aromatic rings. The smallest absolute Gasteiger partial charge is 0.341 e. The third kappa shape index (κ3) is 3.60. The second-order valence-corrected chi connectivity index (χ2v) is 4.88. The molecule has 1 rings (SSSR count). The quantitative estimate of drug-likeness (QED) is 0.764. The largest absolute Gasteiger partial charge is 0.495 e. The van der Waals surface area contributed by atoms with E-state index in [1.165, 1.54) is 13.2 Å². The maximum atomic E-state index is 13.6. The Bertz CT molecular complexity index is 438. The van der Waals surface area contributed by atoms with E-state index in [0.29, 0.717) is 0 Å². The molecule has 5 heteroatoms. The molecule has 17 heavy (non-hydrogen) atoms. The number of rotatable bonds is 2. The van der Waals surface area contributed by atoms with Crippen molar-refractivity contribution >= 4 is 17.6 Å². The summed E-state index contributed by atoms with van der Waals surface area (Å²) in [5.41, 5.74) is -0.888. The van der Waals surface area contributed by atoms with Gasteiger partial charge in [0.25, 0.3) is 0 Å². The number of hydrogen-bond acceptors (Lipinski definition) is 3. The van der Waals surface area contributed by atoms with Gasteiger partial charge in [0.05, 0.1) is 17.7 Å². The minimum atomic E-state index is -0.750. The van der Waals surface area contributed by atoms with Crippen molar-refractivity contribution in [1.29, 1.82) is 0 Å². The fraction of sp³-hybridized carbons (Fsp3) is 0.417. The van der Waals surface area contributed by atoms with Crippen LogP contribution in [0.25, 0.3) is 0 Å². The first-order chi connectivity index (χ1) is 7.74. The summed E-state index contributed by atoms with van der Waals surface area (Å²) in [5, 5.41) is 0.162. The lowest BCUT2D eigenvalue weighted by molar-refractivity contribution is 0.00647. The fourth-order valence-electron chi connectivity index (χ4n) is 1.17. The van der Waals surface area contributed by atoms with E-state index in [2.05, 4.69) is 0 Å². The summed E-state index contributed by atoms with van der Waals surface area (Å²) in [5.74, 6) is -1.29. The van der Waals surface area contributed by atoms with E-state index in [9.17, 15) is 9.18 Å². The van der Waals surface area contributed by atoms with Crippen LogP contribution in [0, 0.1) is 5.82 Å². The van der Waals surface area contributed by atoms with E-state index in [4.69, 9.17) is 21.1 Å². The number of carbonyl (C=O) groups is 1. The summed E-state index contributed by atoms with van der Waals surface area (Å²) in [7, 11) is 1.37. The van der Waals surface area contributed by atoms with Gasteiger partial charge < -0.3 is 9.47 Å². The van der Waals surface area contributed by atoms with Crippen molar-refractivity contribution in [3.8, 4) is 5.75 Å². The molecule has 0 unspecified atom stereocenters. The molecule has 0 aliphatic rings. The molecular weight excluding hydrogens is 247 g/mol. The van der Waals surface area contributed by atoms with Crippen LogP contribution < -0.4 is 4.74 Å². The maximum absolute atomic E-state index is 13.6. The molecule has 0 aromatic heterocycles. The Morgan fingerprint density at radius 1 is 1.35 bits per heavy atom. The monoisotopic (exact) mass is 260 g/mol. The Morgan fingerprint density at radius 3 is 2.41 bits per heavy atom. The number of hydrogen-bond donors (Lipinski definition) is 0. The van der Waals surface area contributed by atoms with Crippen LogP contribution in [-0.2, 0) is 4.74 Å². The fourth-order valence-corrected chi connectivity index (χ4v) is 1.42. The highest BCUT2D eigenvalue weighted by Crippen LogP contribution is 2.28. The lowest BCUT2D eigenvalue weighted by atomic mass is 10.1. The molecule has 3 nitrogen and oxygen atoms in total. The number of methoxy groups -OCH3 is 1. The molecule has 0 bridgehead atoms. The average Bonchev–Trinajstić information content (AvgIpc) is 2.18. The van der Waals surface area contributed by atoms with Gasteiger partial charge in [-0.15, -0.1) is 0 Å². The molecule has 0 amide bonds. The van der Waals surface area contributed by atoms with Gasteiger partial charge in [-0.05, 0) is 26.8 Å². The maximum Gasteiger partial charge on any atom is 0.341 e. The predicted octanol–water partition coefficient (Wildman–Crippen LogP) is 3.44. The van der Waals surface area contributed by atoms with Gasteiger partial charge in [-0.25, -0.2) is 9.18 Å². The Labute approximate surface area is 104 Å². The lowest BCUT2D eigenvalue weighted by Crippen LogP contribution is -2.24. The zero-order chi connectivity index (χ0) is 13.2. The molecule has 0 saturated carbocycles. The highest BCUT2D eigenvalue weighted by atomic mass is 35.5. The SMILES string of the molecule is COc1cc(F)c(C(=O)OC(C)(C)C)cc1Cl. The molecule has 0 fully saturated rings. The second-order valence-electron chi connectivity index (χ2n) is 4.47. The van der Waals surface area contributed by atoms with Crippen molar-refractivity contribution in [3.63, 3.8) is 0 Å². The summed E-state index contributed by atoms with van der Waals surface area (Å²) < 4.78 is 23.5. The molecule has 1 aromatic carbocycles. The first-order valence-electron chi connectivity index (χ1n) is 5.01. The van der Waals surface area contributed by atoms with Gasteiger partial charge in [0.1, 0.15) is 17.2 Å². The van der Waals surface area contributed by atoms with Gasteiger partial charge in [0.2, 0.25) is 0 Å². The van der Waals surface area contributed by atoms with E-state index in [-0.39, 0.29) is 16.3 Å². The van der Waals surface area contributed by atoms with Crippen LogP contribution in [0.4, 0.5) is 4.39 Å². The highest BCUT2D eigenvalue weighted by Gasteiger charge is 2.22. The lowest BCUT2D eigenvalue weighted by Gasteiger charge is -2.19. The zero-order valence-electron chi connectivity index (χ0n) is 10.1. The number of benzene rings is 1. The van der Waals surface area contributed by atoms with Gasteiger partial charge in [-0.1, -0.05) is 11.6 Å². The van der Waals surface area contributed by atoms with E-state index in [1.807, 2.05) is 0 Å². The Kier molecular flexibility index (Phi) is 3.98. The van der Waals surface area contributed by atoms with Crippen molar-refractivity contribution in [1.82, 2.24) is 0 Å². The van der Waals surface area contributed by atoms with Gasteiger partial charge in [0, 0.05) is 6.07 Å². The average molecular weight is 261 g/mol. The molecule has 0 N–H and O–H groups in total. The summed E-state index contributed by atoms with van der Waals surface area (Å²) in [6, 6.07) is 2.26. The minimum Gasteiger partial charge on any atom is -0.495 e. The second kappa shape index (κ2) is 4.92. The van der Waals surface area contributed by atoms with Crippen LogP contribution in [0.2, 0.25) is 5.02 Å². The van der Waals surface area contributed by atoms with Gasteiger partial charge >= 0.3 is 5.97 Å². The van der Waals surface area contributed by atoms with E-state index in [0.717, 1.165) is 6.07 Å². The standard InChI is InChI=1S/C12H14ClFO3/c1-12(2,3)17-11(15)7-5-8(13)10(16-4)6-9(7)14/h5-6H,1-4H3. The van der Waals surface area contributed by atoms with Gasteiger partial charge in [-0.3, -0.25) is 0 Å². The Balaban J connectivity index is 3.07. The normalized spacial score (nSPS) is 11.2. The molecule has 0 saturated heterocycles. The number of ether oxygens (including phenoxy) is 2. The van der Waals surface area contributed by atoms with Gasteiger partial charge in [-0.2, -0.15) is 0 Å². The summed E-state index contributed by atoms with van der Waals surface area (Å²) >= 11 is 5.82. The molecule has 0 atom stereocenters. The Hall–Kier alpha value is -1.29. The molecule has 0 radical (unpaired) electrons. The van der Waals surface area contributed by atoms with Crippen molar-refractivity contribution in [2.24, 2.45) is 0 Å². The van der Waals surface area contributed by atoms with E-state index >= 15 is 0 Å². The van der Waals surface area contributed by atoms with Crippen molar-refractivity contribution in [2.45, 2.75) is 26.4 Å². The highest BCUT2D eigenvalue weighted by molar-refractivity contribution is 6.32. The number of carbonyl (C=O) groups excluding carboxylic acids is 1. The van der Waals surface area contributed by atoms with Crippen LogP contribution in [0.5, 0.6) is 5.75 Å². The van der Waals surface area contributed by atoms with Crippen LogP contribution in [0.3, 0.4) is 0 Å². The summed E-state index contributed by atoms with van der Waals surface area (Å²) in [6.45, 7) is 5.11. The first-order valence-corrected chi connectivity index (χ1v) is 5.39. The third-order valence-electron chi connectivity index (χ3n) is 1.86. The first kappa shape index (κ1) is 13.8. The third-order valence-corrected chi connectivity index (χ3v) is 2.16. The van der Waals surface area contributed by atoms with Crippen LogP contribution in [0.1, 0.15) is 31.1 Å². The van der Waals surface area contributed by atoms with Gasteiger partial charge in [0.15, 0.2) is 0 Å². The topological polar surface area (TPSA) is 35.5 Å². The molecule has 0 aliphatic carbocycles. The summed E-state index contributed by atoms with van der Waals surface area (Å²) in [4.78, 5) is 11.7. The van der Waals surface area contributed by atoms with Crippen molar-refractivity contribution < 1.29 is 18.7 Å². The van der Waals surface area contributed by atoms with Crippen molar-refractivity contribution in [3.05, 3.63) is 28.5 Å². The molecule has 0 spiro atoms. The molecular formula is C12H14ClFO3. The number of esters is 1. The van der Waals surface area contributed by atoms with E-state index in [1.54, 1.807) is 20.8 Å². The Morgan fingerprint density at radius 2 is 1.94 bits per heavy atom. The molecule has 0 aliphatic heterocycles. The number of halogens is 2. The predicted molar refractivity (Wildman–Crippen MR) is 63.1 cm³/mol. The summed E-state index contributed by atoms with van der Waals surface area (Å²) in [6.07, 6.45) is 0. The van der Waals surface area contributed by atoms with Crippen LogP contribution in [-0.4, -0.2) is 18.7 Å². The molecule has 0 heterocycles. The van der Waals surface area contributed by atoms with Crippen LogP contribution in [0.15, 0.2) is 12.1 Å². The van der Waals surface area contributed by atoms with E-state index < -0.39 is 17.4 Å². The van der Waals surface area contributed by atoms with Crippen molar-refractivity contribution in [2.75, 3.05) is 7.11 Å². The van der Waals surface area contributed by atoms with Crippen LogP contribution >= 0.6 is 11.6 Å². The zero-order valence-corrected chi connectivity index (χ0v) is 10.9.